The molecule has 3 rings (SSSR count). The first-order valence-electron chi connectivity index (χ1n) is 6.96. The Morgan fingerprint density at radius 1 is 1.41 bits per heavy atom. The van der Waals surface area contributed by atoms with E-state index in [1.165, 1.54) is 5.57 Å². The van der Waals surface area contributed by atoms with E-state index in [1.807, 2.05) is 6.92 Å². The highest BCUT2D eigenvalue weighted by Gasteiger charge is 2.68. The third-order valence-corrected chi connectivity index (χ3v) is 5.55. The van der Waals surface area contributed by atoms with Gasteiger partial charge < -0.3 is 9.84 Å². The first kappa shape index (κ1) is 11.7. The molecule has 1 saturated heterocycles. The van der Waals surface area contributed by atoms with Crippen molar-refractivity contribution in [1.82, 2.24) is 0 Å². The summed E-state index contributed by atoms with van der Waals surface area (Å²) < 4.78 is 6.10. The topological polar surface area (TPSA) is 32.8 Å². The second-order valence-corrected chi connectivity index (χ2v) is 6.83. The van der Waals surface area contributed by atoms with Crippen molar-refractivity contribution >= 4 is 0 Å². The maximum atomic E-state index is 10.6. The number of epoxide rings is 1. The monoisotopic (exact) mass is 236 g/mol. The van der Waals surface area contributed by atoms with Gasteiger partial charge in [-0.25, -0.2) is 0 Å². The Bertz CT molecular complexity index is 358. The van der Waals surface area contributed by atoms with Gasteiger partial charge in [-0.05, 0) is 44.4 Å². The smallest absolute Gasteiger partial charge is 0.0978 e. The molecule has 2 aliphatic carbocycles. The molecule has 17 heavy (non-hydrogen) atoms. The van der Waals surface area contributed by atoms with Gasteiger partial charge in [0.05, 0.1) is 17.3 Å². The molecule has 1 aliphatic heterocycles. The van der Waals surface area contributed by atoms with Crippen LogP contribution < -0.4 is 0 Å². The summed E-state index contributed by atoms with van der Waals surface area (Å²) in [5.41, 5.74) is 0.833. The Morgan fingerprint density at radius 3 is 2.76 bits per heavy atom. The van der Waals surface area contributed by atoms with Crippen LogP contribution in [0.1, 0.15) is 46.5 Å². The highest BCUT2D eigenvalue weighted by Crippen LogP contribution is 2.61. The van der Waals surface area contributed by atoms with Gasteiger partial charge in [0.15, 0.2) is 0 Å². The number of aliphatic hydroxyl groups is 1. The first-order chi connectivity index (χ1) is 7.88. The van der Waals surface area contributed by atoms with Crippen molar-refractivity contribution in [2.24, 2.45) is 17.8 Å². The Balaban J connectivity index is 1.96. The number of allylic oxidation sites excluding steroid dienone is 1. The van der Waals surface area contributed by atoms with Gasteiger partial charge in [-0.1, -0.05) is 26.0 Å². The largest absolute Gasteiger partial charge is 0.390 e. The van der Waals surface area contributed by atoms with Gasteiger partial charge in [0.1, 0.15) is 0 Å². The van der Waals surface area contributed by atoms with E-state index in [2.05, 4.69) is 20.4 Å². The Morgan fingerprint density at radius 2 is 2.12 bits per heavy atom. The number of rotatable bonds is 1. The van der Waals surface area contributed by atoms with Crippen molar-refractivity contribution in [2.75, 3.05) is 0 Å². The average Bonchev–Trinajstić information content (AvgIpc) is 2.88. The molecular formula is C15H24O2. The fourth-order valence-electron chi connectivity index (χ4n) is 4.30. The number of hydrogen-bond acceptors (Lipinski definition) is 2. The molecule has 2 saturated carbocycles. The molecule has 0 spiro atoms. The second-order valence-electron chi connectivity index (χ2n) is 6.83. The Hall–Kier alpha value is -0.340. The summed E-state index contributed by atoms with van der Waals surface area (Å²) in [4.78, 5) is 0. The van der Waals surface area contributed by atoms with Gasteiger partial charge >= 0.3 is 0 Å². The summed E-state index contributed by atoms with van der Waals surface area (Å²) in [6.07, 6.45) is 4.42. The van der Waals surface area contributed by atoms with Crippen LogP contribution in [0.2, 0.25) is 0 Å². The van der Waals surface area contributed by atoms with Crippen LogP contribution in [0.5, 0.6) is 0 Å². The Kier molecular flexibility index (Phi) is 2.32. The molecule has 0 bridgehead atoms. The lowest BCUT2D eigenvalue weighted by Gasteiger charge is -2.28. The molecule has 0 amide bonds. The van der Waals surface area contributed by atoms with Crippen LogP contribution in [0.3, 0.4) is 0 Å². The van der Waals surface area contributed by atoms with E-state index in [9.17, 15) is 5.11 Å². The molecule has 0 aromatic carbocycles. The predicted molar refractivity (Wildman–Crippen MR) is 67.7 cm³/mol. The van der Waals surface area contributed by atoms with Gasteiger partial charge in [0.25, 0.3) is 0 Å². The van der Waals surface area contributed by atoms with Crippen molar-refractivity contribution in [3.63, 3.8) is 0 Å². The number of hydrogen-bond donors (Lipinski definition) is 1. The summed E-state index contributed by atoms with van der Waals surface area (Å²) >= 11 is 0. The van der Waals surface area contributed by atoms with Gasteiger partial charge in [0.2, 0.25) is 0 Å². The second kappa shape index (κ2) is 3.36. The third kappa shape index (κ3) is 1.47. The van der Waals surface area contributed by atoms with Gasteiger partial charge in [0, 0.05) is 5.92 Å². The van der Waals surface area contributed by atoms with E-state index in [1.54, 1.807) is 0 Å². The van der Waals surface area contributed by atoms with E-state index >= 15 is 0 Å². The minimum atomic E-state index is -0.556. The summed E-state index contributed by atoms with van der Waals surface area (Å²) in [7, 11) is 0. The molecule has 3 aliphatic rings. The molecule has 0 radical (unpaired) electrons. The molecule has 96 valence electrons. The van der Waals surface area contributed by atoms with E-state index in [4.69, 9.17) is 4.74 Å². The molecule has 3 fully saturated rings. The van der Waals surface area contributed by atoms with Crippen LogP contribution in [0, 0.1) is 17.8 Å². The van der Waals surface area contributed by atoms with Gasteiger partial charge in [-0.2, -0.15) is 0 Å². The fourth-order valence-corrected chi connectivity index (χ4v) is 4.30. The van der Waals surface area contributed by atoms with Gasteiger partial charge in [-0.3, -0.25) is 0 Å². The third-order valence-electron chi connectivity index (χ3n) is 5.55. The van der Waals surface area contributed by atoms with Crippen LogP contribution in [0.15, 0.2) is 12.2 Å². The van der Waals surface area contributed by atoms with Crippen molar-refractivity contribution in [3.8, 4) is 0 Å². The maximum absolute atomic E-state index is 10.6. The standard InChI is InChI=1S/C15H24O2/c1-9(2)15-8-5-10(3)11-6-7-14(4,16)12(11)13(15)17-15/h9,11-13,16H,3,5-8H2,1-2,4H3/t11-,12-,13+,14+,15+/m1/s1. The SMILES string of the molecule is C=C1CC[C@@]2(C(C)C)O[C@H]2[C@H]2[C@@H]1CC[C@]2(C)O. The zero-order valence-corrected chi connectivity index (χ0v) is 11.2. The van der Waals surface area contributed by atoms with Crippen molar-refractivity contribution in [2.45, 2.75) is 63.8 Å². The normalized spacial score (nSPS) is 53.2. The van der Waals surface area contributed by atoms with Crippen molar-refractivity contribution in [3.05, 3.63) is 12.2 Å². The molecule has 0 unspecified atom stereocenters. The quantitative estimate of drug-likeness (QED) is 0.561. The van der Waals surface area contributed by atoms with E-state index in [0.717, 1.165) is 25.7 Å². The summed E-state index contributed by atoms with van der Waals surface area (Å²) in [5, 5.41) is 10.6. The predicted octanol–water partition coefficient (Wildman–Crippen LogP) is 2.91. The average molecular weight is 236 g/mol. The molecule has 5 atom stereocenters. The molecule has 0 aromatic heterocycles. The first-order valence-corrected chi connectivity index (χ1v) is 6.96. The number of ether oxygens (including phenoxy) is 1. The maximum Gasteiger partial charge on any atom is 0.0978 e. The summed E-state index contributed by atoms with van der Waals surface area (Å²) in [6, 6.07) is 0. The van der Waals surface area contributed by atoms with Crippen LogP contribution in [0.4, 0.5) is 0 Å². The zero-order valence-electron chi connectivity index (χ0n) is 11.2. The molecule has 0 aromatic rings. The van der Waals surface area contributed by atoms with E-state index in [0.29, 0.717) is 11.8 Å². The van der Waals surface area contributed by atoms with E-state index < -0.39 is 5.60 Å². The lowest BCUT2D eigenvalue weighted by Crippen LogP contribution is -2.38. The lowest BCUT2D eigenvalue weighted by atomic mass is 9.77. The number of fused-ring (bicyclic) bond motifs is 3. The van der Waals surface area contributed by atoms with Crippen molar-refractivity contribution < 1.29 is 9.84 Å². The molecule has 1 heterocycles. The lowest BCUT2D eigenvalue weighted by molar-refractivity contribution is 0.00193. The van der Waals surface area contributed by atoms with Crippen LogP contribution >= 0.6 is 0 Å². The minimum absolute atomic E-state index is 0.0384. The minimum Gasteiger partial charge on any atom is -0.390 e. The summed E-state index contributed by atoms with van der Waals surface area (Å²) in [6.45, 7) is 10.7. The van der Waals surface area contributed by atoms with E-state index in [-0.39, 0.29) is 17.6 Å². The van der Waals surface area contributed by atoms with Crippen LogP contribution in [-0.4, -0.2) is 22.4 Å². The molecule has 1 N–H and O–H groups in total. The molecular weight excluding hydrogens is 212 g/mol. The molecule has 2 heteroatoms. The molecule has 2 nitrogen and oxygen atoms in total. The highest BCUT2D eigenvalue weighted by molar-refractivity contribution is 5.23. The van der Waals surface area contributed by atoms with Crippen LogP contribution in [-0.2, 0) is 4.74 Å². The zero-order chi connectivity index (χ0) is 12.4. The Labute approximate surface area is 104 Å². The fraction of sp³-hybridized carbons (Fsp3) is 0.867. The van der Waals surface area contributed by atoms with Gasteiger partial charge in [-0.15, -0.1) is 0 Å². The highest BCUT2D eigenvalue weighted by atomic mass is 16.6. The van der Waals surface area contributed by atoms with Crippen LogP contribution in [0.25, 0.3) is 0 Å². The summed E-state index contributed by atoms with van der Waals surface area (Å²) in [5.74, 6) is 1.30. The van der Waals surface area contributed by atoms with Crippen molar-refractivity contribution in [1.29, 1.82) is 0 Å².